The predicted molar refractivity (Wildman–Crippen MR) is 58.1 cm³/mol. The highest BCUT2D eigenvalue weighted by Gasteiger charge is 2.09. The molecule has 2 heterocycles. The van der Waals surface area contributed by atoms with E-state index in [9.17, 15) is 4.39 Å². The van der Waals surface area contributed by atoms with Gasteiger partial charge in [-0.1, -0.05) is 0 Å². The summed E-state index contributed by atoms with van der Waals surface area (Å²) in [6, 6.07) is 2.94. The number of hydrogen-bond acceptors (Lipinski definition) is 4. The molecule has 0 aromatic carbocycles. The summed E-state index contributed by atoms with van der Waals surface area (Å²) in [5.41, 5.74) is 6.62. The van der Waals surface area contributed by atoms with Crippen LogP contribution in [0.3, 0.4) is 0 Å². The van der Waals surface area contributed by atoms with Crippen molar-refractivity contribution in [2.24, 2.45) is 5.73 Å². The molecule has 0 unspecified atom stereocenters. The van der Waals surface area contributed by atoms with Gasteiger partial charge in [0.1, 0.15) is 10.7 Å². The smallest absolute Gasteiger partial charge is 0.151 e. The molecule has 5 heteroatoms. The summed E-state index contributed by atoms with van der Waals surface area (Å²) in [5.74, 6) is -0.342. The summed E-state index contributed by atoms with van der Waals surface area (Å²) in [6.45, 7) is 0.549. The molecule has 0 atom stereocenters. The molecule has 2 aromatic heterocycles. The third-order valence-corrected chi connectivity index (χ3v) is 2.81. The van der Waals surface area contributed by atoms with E-state index in [0.717, 1.165) is 5.69 Å². The van der Waals surface area contributed by atoms with E-state index in [-0.39, 0.29) is 5.82 Å². The second kappa shape index (κ2) is 4.46. The van der Waals surface area contributed by atoms with Crippen LogP contribution in [0.4, 0.5) is 4.39 Å². The van der Waals surface area contributed by atoms with Crippen LogP contribution in [0.2, 0.25) is 0 Å². The van der Waals surface area contributed by atoms with Gasteiger partial charge >= 0.3 is 0 Å². The number of thiazole rings is 1. The van der Waals surface area contributed by atoms with Crippen LogP contribution in [0, 0.1) is 5.82 Å². The van der Waals surface area contributed by atoms with Crippen LogP contribution in [0.15, 0.2) is 23.7 Å². The summed E-state index contributed by atoms with van der Waals surface area (Å²) >= 11 is 1.39. The van der Waals surface area contributed by atoms with E-state index < -0.39 is 0 Å². The number of nitrogens with zero attached hydrogens (tertiary/aromatic N) is 2. The maximum atomic E-state index is 13.3. The Labute approximate surface area is 90.8 Å². The molecule has 3 nitrogen and oxygen atoms in total. The minimum absolute atomic E-state index is 0.311. The van der Waals surface area contributed by atoms with Crippen molar-refractivity contribution in [2.75, 3.05) is 6.54 Å². The molecule has 0 saturated heterocycles. The van der Waals surface area contributed by atoms with E-state index >= 15 is 0 Å². The number of nitrogens with two attached hydrogens (primary N) is 1. The molecule has 0 amide bonds. The Morgan fingerprint density at radius 2 is 2.33 bits per heavy atom. The SMILES string of the molecule is NCCc1csc(-c2ncccc2F)n1. The van der Waals surface area contributed by atoms with Gasteiger partial charge in [-0.15, -0.1) is 11.3 Å². The molecular formula is C10H10FN3S. The topological polar surface area (TPSA) is 51.8 Å². The van der Waals surface area contributed by atoms with Crippen molar-refractivity contribution in [3.63, 3.8) is 0 Å². The molecule has 15 heavy (non-hydrogen) atoms. The fourth-order valence-electron chi connectivity index (χ4n) is 1.22. The highest BCUT2D eigenvalue weighted by atomic mass is 32.1. The van der Waals surface area contributed by atoms with Gasteiger partial charge in [0.25, 0.3) is 0 Å². The van der Waals surface area contributed by atoms with Crippen molar-refractivity contribution in [3.8, 4) is 10.7 Å². The Morgan fingerprint density at radius 1 is 1.47 bits per heavy atom. The summed E-state index contributed by atoms with van der Waals surface area (Å²) < 4.78 is 13.3. The number of hydrogen-bond donors (Lipinski definition) is 1. The normalized spacial score (nSPS) is 10.5. The molecule has 2 aromatic rings. The van der Waals surface area contributed by atoms with Gasteiger partial charge in [-0.3, -0.25) is 4.98 Å². The van der Waals surface area contributed by atoms with Gasteiger partial charge in [0.2, 0.25) is 0 Å². The van der Waals surface area contributed by atoms with Crippen molar-refractivity contribution < 1.29 is 4.39 Å². The molecule has 78 valence electrons. The molecule has 0 aliphatic heterocycles. The second-order valence-corrected chi connectivity index (χ2v) is 3.87. The van der Waals surface area contributed by atoms with Crippen molar-refractivity contribution in [3.05, 3.63) is 35.2 Å². The molecule has 0 bridgehead atoms. The third kappa shape index (κ3) is 2.19. The monoisotopic (exact) mass is 223 g/mol. The largest absolute Gasteiger partial charge is 0.330 e. The van der Waals surface area contributed by atoms with Crippen LogP contribution >= 0.6 is 11.3 Å². The fraction of sp³-hybridized carbons (Fsp3) is 0.200. The van der Waals surface area contributed by atoms with E-state index in [1.165, 1.54) is 17.4 Å². The maximum absolute atomic E-state index is 13.3. The minimum Gasteiger partial charge on any atom is -0.330 e. The molecule has 2 N–H and O–H groups in total. The molecule has 0 aliphatic rings. The van der Waals surface area contributed by atoms with Crippen LogP contribution in [-0.4, -0.2) is 16.5 Å². The molecule has 0 radical (unpaired) electrons. The molecule has 0 aliphatic carbocycles. The molecule has 0 spiro atoms. The van der Waals surface area contributed by atoms with Crippen LogP contribution in [0.25, 0.3) is 10.7 Å². The third-order valence-electron chi connectivity index (χ3n) is 1.91. The quantitative estimate of drug-likeness (QED) is 0.863. The highest BCUT2D eigenvalue weighted by Crippen LogP contribution is 2.23. The first-order chi connectivity index (χ1) is 7.31. The maximum Gasteiger partial charge on any atom is 0.151 e. The van der Waals surface area contributed by atoms with Gasteiger partial charge < -0.3 is 5.73 Å². The standard InChI is InChI=1S/C10H10FN3S/c11-8-2-1-5-13-9(8)10-14-7(3-4-12)6-15-10/h1-2,5-6H,3-4,12H2. The number of aromatic nitrogens is 2. The number of pyridine rings is 1. The molecule has 2 rings (SSSR count). The Balaban J connectivity index is 2.33. The summed E-state index contributed by atoms with van der Waals surface area (Å²) in [5, 5.41) is 2.49. The van der Waals surface area contributed by atoms with Crippen molar-refractivity contribution in [1.29, 1.82) is 0 Å². The Morgan fingerprint density at radius 3 is 3.07 bits per heavy atom. The molecule has 0 saturated carbocycles. The van der Waals surface area contributed by atoms with E-state index in [2.05, 4.69) is 9.97 Å². The van der Waals surface area contributed by atoms with Crippen LogP contribution in [0.5, 0.6) is 0 Å². The first-order valence-corrected chi connectivity index (χ1v) is 5.44. The zero-order valence-corrected chi connectivity index (χ0v) is 8.80. The van der Waals surface area contributed by atoms with E-state index in [1.54, 1.807) is 12.3 Å². The lowest BCUT2D eigenvalue weighted by molar-refractivity contribution is 0.625. The molecular weight excluding hydrogens is 213 g/mol. The van der Waals surface area contributed by atoms with Gasteiger partial charge in [0, 0.05) is 18.0 Å². The van der Waals surface area contributed by atoms with Crippen molar-refractivity contribution in [2.45, 2.75) is 6.42 Å². The first kappa shape index (κ1) is 10.2. The van der Waals surface area contributed by atoms with Gasteiger partial charge in [-0.25, -0.2) is 9.37 Å². The van der Waals surface area contributed by atoms with Gasteiger partial charge in [-0.2, -0.15) is 0 Å². The first-order valence-electron chi connectivity index (χ1n) is 4.56. The minimum atomic E-state index is -0.342. The number of rotatable bonds is 3. The van der Waals surface area contributed by atoms with E-state index in [4.69, 9.17) is 5.73 Å². The fourth-order valence-corrected chi connectivity index (χ4v) is 2.07. The Kier molecular flexibility index (Phi) is 3.03. The predicted octanol–water partition coefficient (Wildman–Crippen LogP) is 1.85. The van der Waals surface area contributed by atoms with Gasteiger partial charge in [0.15, 0.2) is 5.82 Å². The van der Waals surface area contributed by atoms with Crippen LogP contribution < -0.4 is 5.73 Å². The van der Waals surface area contributed by atoms with Crippen LogP contribution in [0.1, 0.15) is 5.69 Å². The van der Waals surface area contributed by atoms with Gasteiger partial charge in [0.05, 0.1) is 5.69 Å². The lowest BCUT2D eigenvalue weighted by Crippen LogP contribution is -2.02. The second-order valence-electron chi connectivity index (χ2n) is 3.02. The average molecular weight is 223 g/mol. The number of halogens is 1. The Bertz CT molecular complexity index is 455. The zero-order valence-electron chi connectivity index (χ0n) is 7.98. The van der Waals surface area contributed by atoms with Crippen LogP contribution in [-0.2, 0) is 6.42 Å². The van der Waals surface area contributed by atoms with Crippen molar-refractivity contribution in [1.82, 2.24) is 9.97 Å². The zero-order chi connectivity index (χ0) is 10.7. The van der Waals surface area contributed by atoms with Gasteiger partial charge in [-0.05, 0) is 18.7 Å². The molecule has 0 fully saturated rings. The lowest BCUT2D eigenvalue weighted by atomic mass is 10.3. The summed E-state index contributed by atoms with van der Waals surface area (Å²) in [4.78, 5) is 8.23. The van der Waals surface area contributed by atoms with E-state index in [0.29, 0.717) is 23.7 Å². The summed E-state index contributed by atoms with van der Waals surface area (Å²) in [6.07, 6.45) is 2.27. The van der Waals surface area contributed by atoms with E-state index in [1.807, 2.05) is 5.38 Å². The highest BCUT2D eigenvalue weighted by molar-refractivity contribution is 7.13. The summed E-state index contributed by atoms with van der Waals surface area (Å²) in [7, 11) is 0. The van der Waals surface area contributed by atoms with Crippen molar-refractivity contribution >= 4 is 11.3 Å². The Hall–Kier alpha value is -1.33. The average Bonchev–Trinajstić information content (AvgIpc) is 2.68. The lowest BCUT2D eigenvalue weighted by Gasteiger charge is -1.95.